The van der Waals surface area contributed by atoms with Crippen LogP contribution in [0.3, 0.4) is 0 Å². The minimum atomic E-state index is 0.679. The zero-order valence-corrected chi connectivity index (χ0v) is 38.3. The van der Waals surface area contributed by atoms with E-state index in [2.05, 4.69) is 220 Å². The van der Waals surface area contributed by atoms with Gasteiger partial charge in [0.1, 0.15) is 5.82 Å². The first-order chi connectivity index (χ1) is 34.6. The molecule has 70 heavy (non-hydrogen) atoms. The number of aliphatic imine (C=N–C) groups is 1. The van der Waals surface area contributed by atoms with Crippen LogP contribution in [0.25, 0.3) is 123 Å². The first-order valence-corrected chi connectivity index (χ1v) is 23.5. The fraction of sp³-hybridized carbons (Fsp3) is 0.0159. The Morgan fingerprint density at radius 2 is 0.929 bits per heavy atom. The third kappa shape index (κ3) is 6.74. The van der Waals surface area contributed by atoms with Crippen molar-refractivity contribution in [2.75, 3.05) is 0 Å². The predicted molar refractivity (Wildman–Crippen MR) is 290 cm³/mol. The molecule has 13 rings (SSSR count). The van der Waals surface area contributed by atoms with Gasteiger partial charge in [-0.25, -0.2) is 15.0 Å². The van der Waals surface area contributed by atoms with Gasteiger partial charge < -0.3 is 9.13 Å². The van der Waals surface area contributed by atoms with Gasteiger partial charge in [-0.05, 0) is 98.6 Å². The second-order valence-corrected chi connectivity index (χ2v) is 17.6. The standard InChI is InChI=1S/C63H43N7/c1-41-48(35-36-64-2)53-39-47(31-34-59(53)68(41)46-21-10-5-11-22-46)69-57-27-14-12-23-49(57)51-37-44(29-32-60(51)69)54-25-16-26-55(65-54)45-30-33-61-52(38-45)50-24-13-15-28-58(50)70(61)62-40-56(42-17-6-3-7-18-42)66-63(67-62)43-19-8-4-9-20-43/h3-40H,2H2,1H3/b36-35-. The molecule has 0 radical (unpaired) electrons. The molecule has 0 aliphatic rings. The molecule has 330 valence electrons. The number of fused-ring (bicyclic) bond motifs is 7. The van der Waals surface area contributed by atoms with E-state index in [-0.39, 0.29) is 0 Å². The molecule has 7 heteroatoms. The average molecular weight is 898 g/mol. The van der Waals surface area contributed by atoms with Crippen LogP contribution in [0, 0.1) is 6.92 Å². The molecule has 0 bridgehead atoms. The quantitative estimate of drug-likeness (QED) is 0.136. The summed E-state index contributed by atoms with van der Waals surface area (Å²) in [4.78, 5) is 19.7. The lowest BCUT2D eigenvalue weighted by molar-refractivity contribution is 1.05. The number of para-hydroxylation sites is 3. The van der Waals surface area contributed by atoms with Gasteiger partial charge >= 0.3 is 0 Å². The summed E-state index contributed by atoms with van der Waals surface area (Å²) in [6.45, 7) is 5.89. The summed E-state index contributed by atoms with van der Waals surface area (Å²) in [6.07, 6.45) is 3.84. The molecule has 0 unspecified atom stereocenters. The van der Waals surface area contributed by atoms with Crippen LogP contribution in [0.1, 0.15) is 11.3 Å². The van der Waals surface area contributed by atoms with Crippen molar-refractivity contribution in [2.45, 2.75) is 6.92 Å². The summed E-state index contributed by atoms with van der Waals surface area (Å²) in [5.74, 6) is 1.49. The highest BCUT2D eigenvalue weighted by Gasteiger charge is 2.20. The van der Waals surface area contributed by atoms with Gasteiger partial charge in [-0.1, -0.05) is 133 Å². The van der Waals surface area contributed by atoms with Crippen LogP contribution in [0.5, 0.6) is 0 Å². The Morgan fingerprint density at radius 3 is 1.59 bits per heavy atom. The van der Waals surface area contributed by atoms with Crippen molar-refractivity contribution in [3.8, 4) is 62.4 Å². The minimum Gasteiger partial charge on any atom is -0.313 e. The van der Waals surface area contributed by atoms with Crippen molar-refractivity contribution in [1.82, 2.24) is 28.7 Å². The van der Waals surface area contributed by atoms with Gasteiger partial charge in [-0.2, -0.15) is 0 Å². The first-order valence-electron chi connectivity index (χ1n) is 23.5. The summed E-state index contributed by atoms with van der Waals surface area (Å²) in [7, 11) is 0. The van der Waals surface area contributed by atoms with Gasteiger partial charge in [0, 0.05) is 84.1 Å². The topological polar surface area (TPSA) is 65.8 Å². The monoisotopic (exact) mass is 897 g/mol. The Bertz CT molecular complexity index is 4140. The molecule has 0 saturated heterocycles. The molecule has 5 heterocycles. The number of hydrogen-bond donors (Lipinski definition) is 0. The first kappa shape index (κ1) is 40.8. The lowest BCUT2D eigenvalue weighted by atomic mass is 10.0. The molecule has 0 spiro atoms. The predicted octanol–water partition coefficient (Wildman–Crippen LogP) is 15.7. The summed E-state index contributed by atoms with van der Waals surface area (Å²) < 4.78 is 6.96. The number of benzene rings is 8. The van der Waals surface area contributed by atoms with Crippen LogP contribution in [-0.4, -0.2) is 35.4 Å². The van der Waals surface area contributed by atoms with Crippen LogP contribution in [0.2, 0.25) is 0 Å². The van der Waals surface area contributed by atoms with Gasteiger partial charge in [0.2, 0.25) is 0 Å². The van der Waals surface area contributed by atoms with E-state index in [0.29, 0.717) is 5.82 Å². The minimum absolute atomic E-state index is 0.679. The summed E-state index contributed by atoms with van der Waals surface area (Å²) in [5.41, 5.74) is 16.8. The molecule has 0 saturated carbocycles. The number of hydrogen-bond acceptors (Lipinski definition) is 4. The SMILES string of the molecule is C=N/C=C\c1c(C)n(-c2ccccc2)c2ccc(-n3c4ccccc4c4cc(-c5cccc(-c6ccc7c(c6)c6ccccc6n7-c6cc(-c7ccccc7)nc(-c7ccccc7)n6)n5)ccc43)cc12. The maximum Gasteiger partial charge on any atom is 0.162 e. The highest BCUT2D eigenvalue weighted by atomic mass is 15.1. The van der Waals surface area contributed by atoms with E-state index in [9.17, 15) is 0 Å². The lowest BCUT2D eigenvalue weighted by Crippen LogP contribution is -2.02. The summed E-state index contributed by atoms with van der Waals surface area (Å²) >= 11 is 0. The van der Waals surface area contributed by atoms with Crippen molar-refractivity contribution in [3.05, 3.63) is 236 Å². The Morgan fingerprint density at radius 1 is 0.386 bits per heavy atom. The maximum atomic E-state index is 5.36. The molecule has 0 N–H and O–H groups in total. The van der Waals surface area contributed by atoms with Crippen molar-refractivity contribution < 1.29 is 0 Å². The number of aromatic nitrogens is 6. The fourth-order valence-corrected chi connectivity index (χ4v) is 10.4. The molecule has 5 aromatic heterocycles. The molecule has 0 amide bonds. The number of pyridine rings is 1. The molecule has 13 aromatic rings. The van der Waals surface area contributed by atoms with E-state index in [4.69, 9.17) is 15.0 Å². The van der Waals surface area contributed by atoms with E-state index >= 15 is 0 Å². The zero-order chi connectivity index (χ0) is 46.7. The Labute approximate surface area is 404 Å². The lowest BCUT2D eigenvalue weighted by Gasteiger charge is -2.12. The van der Waals surface area contributed by atoms with Crippen molar-refractivity contribution >= 4 is 67.3 Å². The zero-order valence-electron chi connectivity index (χ0n) is 38.3. The van der Waals surface area contributed by atoms with Gasteiger partial charge in [0.05, 0.1) is 44.7 Å². The van der Waals surface area contributed by atoms with Crippen molar-refractivity contribution in [1.29, 1.82) is 0 Å². The molecule has 0 aliphatic heterocycles. The van der Waals surface area contributed by atoms with Crippen LogP contribution in [0.4, 0.5) is 0 Å². The Hall–Kier alpha value is -9.46. The largest absolute Gasteiger partial charge is 0.313 e. The molecule has 0 fully saturated rings. The molecule has 0 atom stereocenters. The third-order valence-electron chi connectivity index (χ3n) is 13.6. The van der Waals surface area contributed by atoms with Crippen molar-refractivity contribution in [2.24, 2.45) is 4.99 Å². The van der Waals surface area contributed by atoms with Gasteiger partial charge in [0.15, 0.2) is 5.82 Å². The summed E-state index contributed by atoms with van der Waals surface area (Å²) in [6, 6.07) is 76.9. The highest BCUT2D eigenvalue weighted by Crippen LogP contribution is 2.39. The van der Waals surface area contributed by atoms with Crippen LogP contribution < -0.4 is 0 Å². The fourth-order valence-electron chi connectivity index (χ4n) is 10.4. The van der Waals surface area contributed by atoms with E-state index in [1.54, 1.807) is 6.20 Å². The molecule has 7 nitrogen and oxygen atoms in total. The Kier molecular flexibility index (Phi) is 9.73. The Balaban J connectivity index is 0.909. The normalized spacial score (nSPS) is 11.8. The van der Waals surface area contributed by atoms with E-state index in [0.717, 1.165) is 112 Å². The van der Waals surface area contributed by atoms with Crippen molar-refractivity contribution in [3.63, 3.8) is 0 Å². The number of rotatable bonds is 9. The maximum absolute atomic E-state index is 5.36. The smallest absolute Gasteiger partial charge is 0.162 e. The van der Waals surface area contributed by atoms with Crippen LogP contribution in [-0.2, 0) is 0 Å². The second-order valence-electron chi connectivity index (χ2n) is 17.6. The van der Waals surface area contributed by atoms with E-state index < -0.39 is 0 Å². The summed E-state index contributed by atoms with van der Waals surface area (Å²) in [5, 5.41) is 5.76. The van der Waals surface area contributed by atoms with E-state index in [1.165, 1.54) is 10.8 Å². The molecular formula is C63H43N7. The van der Waals surface area contributed by atoms with Gasteiger partial charge in [-0.15, -0.1) is 0 Å². The average Bonchev–Trinajstić information content (AvgIpc) is 4.04. The van der Waals surface area contributed by atoms with E-state index in [1.807, 2.05) is 36.4 Å². The third-order valence-corrected chi connectivity index (χ3v) is 13.6. The van der Waals surface area contributed by atoms with Crippen LogP contribution >= 0.6 is 0 Å². The molecule has 8 aromatic carbocycles. The number of nitrogens with zero attached hydrogens (tertiary/aromatic N) is 7. The van der Waals surface area contributed by atoms with Crippen LogP contribution in [0.15, 0.2) is 230 Å². The molecular weight excluding hydrogens is 855 g/mol. The molecule has 0 aliphatic carbocycles. The van der Waals surface area contributed by atoms with Gasteiger partial charge in [-0.3, -0.25) is 9.56 Å². The highest BCUT2D eigenvalue weighted by molar-refractivity contribution is 6.12. The second kappa shape index (κ2) is 16.7. The van der Waals surface area contributed by atoms with Gasteiger partial charge in [0.25, 0.3) is 0 Å².